The van der Waals surface area contributed by atoms with Crippen LogP contribution >= 0.6 is 0 Å². The molecule has 15 heavy (non-hydrogen) atoms. The highest BCUT2D eigenvalue weighted by molar-refractivity contribution is 5.33. The van der Waals surface area contributed by atoms with Gasteiger partial charge in [-0.05, 0) is 18.8 Å². The molecule has 0 bridgehead atoms. The predicted molar refractivity (Wildman–Crippen MR) is 51.7 cm³/mol. The zero-order valence-corrected chi connectivity index (χ0v) is 8.18. The summed E-state index contributed by atoms with van der Waals surface area (Å²) in [4.78, 5) is 39.8. The smallest absolute Gasteiger partial charge is 0.211 e. The van der Waals surface area contributed by atoms with E-state index in [1.807, 2.05) is 0 Å². The van der Waals surface area contributed by atoms with Crippen molar-refractivity contribution in [1.29, 1.82) is 0 Å². The highest BCUT2D eigenvalue weighted by atomic mass is 16.1. The Hall–Kier alpha value is -1.86. The topological polar surface area (TPSA) is 88.3 Å². The van der Waals surface area contributed by atoms with Crippen LogP contribution in [0.2, 0.25) is 0 Å². The van der Waals surface area contributed by atoms with Gasteiger partial charge in [0.05, 0.1) is 19.6 Å². The van der Waals surface area contributed by atoms with Crippen molar-refractivity contribution in [3.8, 4) is 0 Å². The summed E-state index contributed by atoms with van der Waals surface area (Å²) in [6, 6.07) is 0. The van der Waals surface area contributed by atoms with Gasteiger partial charge in [0, 0.05) is 0 Å². The number of rotatable bonds is 8. The molecule has 0 atom stereocenters. The second-order valence-corrected chi connectivity index (χ2v) is 2.82. The zero-order chi connectivity index (χ0) is 11.4. The van der Waals surface area contributed by atoms with Gasteiger partial charge in [0.1, 0.15) is 0 Å². The molecule has 0 aliphatic heterocycles. The second kappa shape index (κ2) is 10.2. The lowest BCUT2D eigenvalue weighted by atomic mass is 10.0. The minimum atomic E-state index is 0.0700. The Morgan fingerprint density at radius 2 is 1.27 bits per heavy atom. The summed E-state index contributed by atoms with van der Waals surface area (Å²) in [5.41, 5.74) is 0. The number of hydrogen-bond donors (Lipinski definition) is 0. The summed E-state index contributed by atoms with van der Waals surface area (Å²) >= 11 is 0. The van der Waals surface area contributed by atoms with Crippen LogP contribution in [0.25, 0.3) is 0 Å². The SMILES string of the molecule is O=C=NCCC(CCN=C=O)CN=C=O. The fourth-order valence-corrected chi connectivity index (χ4v) is 1.08. The summed E-state index contributed by atoms with van der Waals surface area (Å²) in [7, 11) is 0. The number of aliphatic imine (C=N–C) groups is 3. The molecule has 6 nitrogen and oxygen atoms in total. The Bertz CT molecular complexity index is 289. The third-order valence-corrected chi connectivity index (χ3v) is 1.84. The van der Waals surface area contributed by atoms with Crippen molar-refractivity contribution in [1.82, 2.24) is 0 Å². The van der Waals surface area contributed by atoms with Crippen LogP contribution in [0.15, 0.2) is 15.0 Å². The van der Waals surface area contributed by atoms with E-state index in [0.29, 0.717) is 32.5 Å². The first kappa shape index (κ1) is 13.1. The molecule has 0 spiro atoms. The molecule has 0 N–H and O–H groups in total. The Kier molecular flexibility index (Phi) is 8.95. The fourth-order valence-electron chi connectivity index (χ4n) is 1.08. The molecule has 0 unspecified atom stereocenters. The maximum absolute atomic E-state index is 9.91. The molecule has 6 heteroatoms. The van der Waals surface area contributed by atoms with Crippen LogP contribution < -0.4 is 0 Å². The van der Waals surface area contributed by atoms with Crippen molar-refractivity contribution in [3.05, 3.63) is 0 Å². The van der Waals surface area contributed by atoms with E-state index >= 15 is 0 Å². The van der Waals surface area contributed by atoms with Crippen molar-refractivity contribution < 1.29 is 14.4 Å². The number of hydrogen-bond acceptors (Lipinski definition) is 6. The molecule has 0 aromatic heterocycles. The van der Waals surface area contributed by atoms with Gasteiger partial charge in [-0.1, -0.05) is 0 Å². The Balaban J connectivity index is 3.97. The molecule has 0 amide bonds. The molecular formula is C9H11N3O3. The minimum absolute atomic E-state index is 0.0700. The van der Waals surface area contributed by atoms with E-state index in [-0.39, 0.29) is 5.92 Å². The lowest BCUT2D eigenvalue weighted by molar-refractivity contribution is 0.469. The van der Waals surface area contributed by atoms with Crippen LogP contribution in [-0.2, 0) is 14.4 Å². The standard InChI is InChI=1S/C9H11N3O3/c13-6-10-3-1-9(5-12-8-15)2-4-11-7-14/h9H,1-5H2. The van der Waals surface area contributed by atoms with E-state index in [0.717, 1.165) is 0 Å². The summed E-state index contributed by atoms with van der Waals surface area (Å²) in [6.07, 6.45) is 5.51. The molecular weight excluding hydrogens is 198 g/mol. The molecule has 0 fully saturated rings. The molecule has 0 saturated carbocycles. The normalized spacial score (nSPS) is 10.4. The Morgan fingerprint density at radius 3 is 1.67 bits per heavy atom. The third-order valence-electron chi connectivity index (χ3n) is 1.84. The predicted octanol–water partition coefficient (Wildman–Crippen LogP) is 0.390. The second-order valence-electron chi connectivity index (χ2n) is 2.82. The summed E-state index contributed by atoms with van der Waals surface area (Å²) < 4.78 is 0. The molecule has 0 rings (SSSR count). The molecule has 0 saturated heterocycles. The van der Waals surface area contributed by atoms with Crippen LogP contribution in [0.5, 0.6) is 0 Å². The monoisotopic (exact) mass is 209 g/mol. The lowest BCUT2D eigenvalue weighted by Gasteiger charge is -2.09. The average Bonchev–Trinajstić information content (AvgIpc) is 2.25. The van der Waals surface area contributed by atoms with Crippen LogP contribution in [0.1, 0.15) is 12.8 Å². The third kappa shape index (κ3) is 8.47. The highest BCUT2D eigenvalue weighted by Gasteiger charge is 2.07. The van der Waals surface area contributed by atoms with Crippen LogP contribution in [0, 0.1) is 5.92 Å². The van der Waals surface area contributed by atoms with Gasteiger partial charge in [-0.2, -0.15) is 0 Å². The van der Waals surface area contributed by atoms with Crippen molar-refractivity contribution in [2.24, 2.45) is 20.9 Å². The van der Waals surface area contributed by atoms with E-state index in [2.05, 4.69) is 15.0 Å². The molecule has 0 aliphatic carbocycles. The quantitative estimate of drug-likeness (QED) is 0.428. The van der Waals surface area contributed by atoms with Crippen molar-refractivity contribution >= 4 is 18.2 Å². The summed E-state index contributed by atoms with van der Waals surface area (Å²) in [6.45, 7) is 0.993. The van der Waals surface area contributed by atoms with E-state index in [9.17, 15) is 14.4 Å². The largest absolute Gasteiger partial charge is 0.234 e. The Morgan fingerprint density at radius 1 is 0.800 bits per heavy atom. The first-order valence-electron chi connectivity index (χ1n) is 4.46. The molecule has 0 radical (unpaired) electrons. The molecule has 0 heterocycles. The van der Waals surface area contributed by atoms with Gasteiger partial charge in [0.2, 0.25) is 18.2 Å². The van der Waals surface area contributed by atoms with Crippen LogP contribution in [0.3, 0.4) is 0 Å². The summed E-state index contributed by atoms with van der Waals surface area (Å²) in [5.74, 6) is 0.0700. The van der Waals surface area contributed by atoms with Gasteiger partial charge in [0.15, 0.2) is 0 Å². The van der Waals surface area contributed by atoms with Gasteiger partial charge in [-0.25, -0.2) is 29.4 Å². The van der Waals surface area contributed by atoms with Crippen LogP contribution in [0.4, 0.5) is 0 Å². The molecule has 0 aliphatic rings. The molecule has 0 aromatic rings. The maximum atomic E-state index is 9.91. The molecule has 80 valence electrons. The van der Waals surface area contributed by atoms with E-state index in [4.69, 9.17) is 0 Å². The summed E-state index contributed by atoms with van der Waals surface area (Å²) in [5, 5.41) is 0. The molecule has 0 aromatic carbocycles. The number of nitrogens with zero attached hydrogens (tertiary/aromatic N) is 3. The van der Waals surface area contributed by atoms with Crippen molar-refractivity contribution in [3.63, 3.8) is 0 Å². The van der Waals surface area contributed by atoms with E-state index < -0.39 is 0 Å². The van der Waals surface area contributed by atoms with Gasteiger partial charge in [0.25, 0.3) is 0 Å². The van der Waals surface area contributed by atoms with Gasteiger partial charge < -0.3 is 0 Å². The average molecular weight is 209 g/mol. The van der Waals surface area contributed by atoms with E-state index in [1.54, 1.807) is 0 Å². The minimum Gasteiger partial charge on any atom is -0.211 e. The number of isocyanates is 3. The first-order valence-corrected chi connectivity index (χ1v) is 4.46. The van der Waals surface area contributed by atoms with E-state index in [1.165, 1.54) is 18.2 Å². The maximum Gasteiger partial charge on any atom is 0.234 e. The Labute approximate surface area is 86.8 Å². The van der Waals surface area contributed by atoms with Crippen molar-refractivity contribution in [2.75, 3.05) is 19.6 Å². The van der Waals surface area contributed by atoms with Gasteiger partial charge in [-0.15, -0.1) is 0 Å². The number of carbonyl (C=O) groups excluding carboxylic acids is 3. The van der Waals surface area contributed by atoms with Gasteiger partial charge >= 0.3 is 0 Å². The highest BCUT2D eigenvalue weighted by Crippen LogP contribution is 2.09. The van der Waals surface area contributed by atoms with Gasteiger partial charge in [-0.3, -0.25) is 0 Å². The van der Waals surface area contributed by atoms with Crippen molar-refractivity contribution in [2.45, 2.75) is 12.8 Å². The lowest BCUT2D eigenvalue weighted by Crippen LogP contribution is -2.08. The van der Waals surface area contributed by atoms with Crippen LogP contribution in [-0.4, -0.2) is 37.9 Å². The fraction of sp³-hybridized carbons (Fsp3) is 0.667. The zero-order valence-electron chi connectivity index (χ0n) is 8.18. The first-order chi connectivity index (χ1) is 7.35.